The van der Waals surface area contributed by atoms with E-state index in [-0.39, 0.29) is 4.90 Å². The topological polar surface area (TPSA) is 109 Å². The molecule has 0 unspecified atom stereocenters. The maximum Gasteiger partial charge on any atom is 0.336 e. The zero-order valence-electron chi connectivity index (χ0n) is 11.3. The molecule has 1 fully saturated rings. The summed E-state index contributed by atoms with van der Waals surface area (Å²) in [5, 5.41) is 17.5. The fraction of sp³-hybridized carbons (Fsp3) is 0.429. The van der Waals surface area contributed by atoms with Crippen molar-refractivity contribution in [1.82, 2.24) is 0 Å². The van der Waals surface area contributed by atoms with Gasteiger partial charge in [0.15, 0.2) is 9.84 Å². The maximum atomic E-state index is 12.5. The number of carboxylic acid groups (broad SMARTS) is 2. The lowest BCUT2D eigenvalue weighted by molar-refractivity contribution is 0.0651. The van der Waals surface area contributed by atoms with Crippen molar-refractivity contribution >= 4 is 21.8 Å². The van der Waals surface area contributed by atoms with Crippen LogP contribution in [-0.2, 0) is 9.84 Å². The highest BCUT2D eigenvalue weighted by Gasteiger charge is 2.30. The third kappa shape index (κ3) is 3.07. The molecule has 2 N–H and O–H groups in total. The summed E-state index contributed by atoms with van der Waals surface area (Å²) in [5.41, 5.74) is -0.913. The van der Waals surface area contributed by atoms with E-state index in [4.69, 9.17) is 10.2 Å². The maximum absolute atomic E-state index is 12.5. The van der Waals surface area contributed by atoms with Crippen LogP contribution in [0.25, 0.3) is 0 Å². The highest BCUT2D eigenvalue weighted by Crippen LogP contribution is 2.29. The van der Waals surface area contributed by atoms with Crippen LogP contribution in [-0.4, -0.2) is 35.8 Å². The van der Waals surface area contributed by atoms with E-state index in [0.29, 0.717) is 12.8 Å². The van der Waals surface area contributed by atoms with Gasteiger partial charge in [0.25, 0.3) is 0 Å². The van der Waals surface area contributed by atoms with Crippen LogP contribution < -0.4 is 0 Å². The van der Waals surface area contributed by atoms with Crippen molar-refractivity contribution in [2.24, 2.45) is 0 Å². The summed E-state index contributed by atoms with van der Waals surface area (Å²) in [7, 11) is -3.62. The Morgan fingerprint density at radius 3 is 2.05 bits per heavy atom. The Kier molecular flexibility index (Phi) is 4.32. The molecule has 114 valence electrons. The number of sulfone groups is 1. The molecule has 1 aliphatic rings. The molecule has 0 saturated heterocycles. The van der Waals surface area contributed by atoms with E-state index in [9.17, 15) is 18.0 Å². The zero-order valence-corrected chi connectivity index (χ0v) is 12.1. The highest BCUT2D eigenvalue weighted by atomic mass is 32.2. The van der Waals surface area contributed by atoms with E-state index in [2.05, 4.69) is 0 Å². The van der Waals surface area contributed by atoms with Gasteiger partial charge in [-0.25, -0.2) is 18.0 Å². The van der Waals surface area contributed by atoms with Crippen LogP contribution in [0.15, 0.2) is 23.1 Å². The minimum Gasteiger partial charge on any atom is -0.478 e. The van der Waals surface area contributed by atoms with E-state index < -0.39 is 38.2 Å². The minimum absolute atomic E-state index is 0.114. The molecular weight excluding hydrogens is 296 g/mol. The molecule has 2 rings (SSSR count). The first-order chi connectivity index (χ1) is 9.84. The van der Waals surface area contributed by atoms with Crippen LogP contribution in [0, 0.1) is 0 Å². The van der Waals surface area contributed by atoms with Gasteiger partial charge in [-0.15, -0.1) is 0 Å². The lowest BCUT2D eigenvalue weighted by atomic mass is 10.0. The zero-order chi connectivity index (χ0) is 15.6. The number of hydrogen-bond acceptors (Lipinski definition) is 4. The molecule has 1 aliphatic carbocycles. The van der Waals surface area contributed by atoms with Crippen LogP contribution >= 0.6 is 0 Å². The Hall–Kier alpha value is -1.89. The van der Waals surface area contributed by atoms with E-state index in [1.807, 2.05) is 0 Å². The Balaban J connectivity index is 2.46. The number of hydrogen-bond donors (Lipinski definition) is 2. The van der Waals surface area contributed by atoms with Crippen molar-refractivity contribution < 1.29 is 28.2 Å². The second kappa shape index (κ2) is 5.85. The van der Waals surface area contributed by atoms with Crippen molar-refractivity contribution in [2.45, 2.75) is 42.2 Å². The van der Waals surface area contributed by atoms with Crippen LogP contribution in [0.2, 0.25) is 0 Å². The summed E-state index contributed by atoms with van der Waals surface area (Å²) in [6, 6.07) is 3.18. The Labute approximate surface area is 122 Å². The Bertz CT molecular complexity index is 671. The van der Waals surface area contributed by atoms with Crippen molar-refractivity contribution in [3.63, 3.8) is 0 Å². The molecule has 1 aromatic carbocycles. The summed E-state index contributed by atoms with van der Waals surface area (Å²) in [4.78, 5) is 22.0. The smallest absolute Gasteiger partial charge is 0.336 e. The molecule has 21 heavy (non-hydrogen) atoms. The summed E-state index contributed by atoms with van der Waals surface area (Å²) in [5.74, 6) is -2.85. The molecule has 6 nitrogen and oxygen atoms in total. The molecule has 0 aliphatic heterocycles. The summed E-state index contributed by atoms with van der Waals surface area (Å²) in [6.45, 7) is 0. The number of carbonyl (C=O) groups is 2. The van der Waals surface area contributed by atoms with Gasteiger partial charge in [0.2, 0.25) is 0 Å². The second-order valence-corrected chi connectivity index (χ2v) is 7.35. The van der Waals surface area contributed by atoms with E-state index >= 15 is 0 Å². The van der Waals surface area contributed by atoms with Gasteiger partial charge >= 0.3 is 11.9 Å². The molecule has 0 heterocycles. The lowest BCUT2D eigenvalue weighted by Crippen LogP contribution is -2.24. The third-order valence-electron chi connectivity index (χ3n) is 3.77. The molecular formula is C14H16O6S. The van der Waals surface area contributed by atoms with Gasteiger partial charge in [0.1, 0.15) is 0 Å². The fourth-order valence-electron chi connectivity index (χ4n) is 2.63. The molecule has 0 radical (unpaired) electrons. The highest BCUT2D eigenvalue weighted by molar-refractivity contribution is 7.92. The molecule has 1 saturated carbocycles. The number of carboxylic acids is 2. The Morgan fingerprint density at radius 2 is 1.52 bits per heavy atom. The molecule has 0 atom stereocenters. The van der Waals surface area contributed by atoms with Crippen LogP contribution in [0.5, 0.6) is 0 Å². The van der Waals surface area contributed by atoms with Gasteiger partial charge in [-0.1, -0.05) is 19.3 Å². The number of rotatable bonds is 4. The van der Waals surface area contributed by atoms with Gasteiger partial charge < -0.3 is 10.2 Å². The fourth-order valence-corrected chi connectivity index (χ4v) is 4.51. The van der Waals surface area contributed by atoms with Crippen molar-refractivity contribution in [3.05, 3.63) is 29.3 Å². The number of benzene rings is 1. The first kappa shape index (κ1) is 15.5. The van der Waals surface area contributed by atoms with Gasteiger partial charge in [-0.3, -0.25) is 0 Å². The van der Waals surface area contributed by atoms with Crippen LogP contribution in [0.4, 0.5) is 0 Å². The van der Waals surface area contributed by atoms with Crippen molar-refractivity contribution in [3.8, 4) is 0 Å². The summed E-state index contributed by atoms with van der Waals surface area (Å²) >= 11 is 0. The van der Waals surface area contributed by atoms with Crippen LogP contribution in [0.1, 0.15) is 52.8 Å². The predicted molar refractivity (Wildman–Crippen MR) is 74.4 cm³/mol. The molecule has 1 aromatic rings. The molecule has 0 bridgehead atoms. The van der Waals surface area contributed by atoms with Gasteiger partial charge in [0, 0.05) is 0 Å². The van der Waals surface area contributed by atoms with Gasteiger partial charge in [-0.05, 0) is 31.0 Å². The molecule has 0 aromatic heterocycles. The molecule has 0 spiro atoms. The first-order valence-corrected chi connectivity index (χ1v) is 8.23. The molecule has 7 heteroatoms. The van der Waals surface area contributed by atoms with E-state index in [1.54, 1.807) is 0 Å². The van der Waals surface area contributed by atoms with Crippen molar-refractivity contribution in [2.75, 3.05) is 0 Å². The second-order valence-electron chi connectivity index (χ2n) is 5.12. The average molecular weight is 312 g/mol. The summed E-state index contributed by atoms with van der Waals surface area (Å²) < 4.78 is 25.0. The van der Waals surface area contributed by atoms with Gasteiger partial charge in [-0.2, -0.15) is 0 Å². The average Bonchev–Trinajstić information content (AvgIpc) is 2.47. The molecule has 0 amide bonds. The standard InChI is InChI=1S/C14H16O6S/c15-13(16)11-7-6-10(8-12(11)14(17)18)21(19,20)9-4-2-1-3-5-9/h6-9H,1-5H2,(H,15,16)(H,17,18). The van der Waals surface area contributed by atoms with E-state index in [1.165, 1.54) is 6.07 Å². The van der Waals surface area contributed by atoms with Crippen LogP contribution in [0.3, 0.4) is 0 Å². The first-order valence-electron chi connectivity index (χ1n) is 6.68. The largest absolute Gasteiger partial charge is 0.478 e. The SMILES string of the molecule is O=C(O)c1ccc(S(=O)(=O)C2CCCCC2)cc1C(=O)O. The summed E-state index contributed by atoms with van der Waals surface area (Å²) in [6.07, 6.45) is 3.80. The monoisotopic (exact) mass is 312 g/mol. The van der Waals surface area contributed by atoms with Crippen molar-refractivity contribution in [1.29, 1.82) is 0 Å². The van der Waals surface area contributed by atoms with Gasteiger partial charge in [0.05, 0.1) is 21.3 Å². The minimum atomic E-state index is -3.62. The van der Waals surface area contributed by atoms with E-state index in [0.717, 1.165) is 31.4 Å². The Morgan fingerprint density at radius 1 is 0.952 bits per heavy atom. The lowest BCUT2D eigenvalue weighted by Gasteiger charge is -2.22. The normalized spacial score (nSPS) is 16.6. The predicted octanol–water partition coefficient (Wildman–Crippen LogP) is 2.19. The quantitative estimate of drug-likeness (QED) is 0.882. The third-order valence-corrected chi connectivity index (χ3v) is 6.03. The number of aromatic carboxylic acids is 2.